The molecule has 112 valence electrons. The molecular formula is C22H14N2. The minimum atomic E-state index is 0.860. The zero-order valence-electron chi connectivity index (χ0n) is 13.0. The summed E-state index contributed by atoms with van der Waals surface area (Å²) < 4.78 is 0. The van der Waals surface area contributed by atoms with Crippen molar-refractivity contribution in [2.45, 2.75) is 0 Å². The van der Waals surface area contributed by atoms with E-state index < -0.39 is 0 Å². The third-order valence-corrected chi connectivity index (χ3v) is 2.93. The van der Waals surface area contributed by atoms with Crippen molar-refractivity contribution in [2.24, 2.45) is 0 Å². The van der Waals surface area contributed by atoms with Gasteiger partial charge in [0.25, 0.3) is 0 Å². The van der Waals surface area contributed by atoms with Crippen LogP contribution in [0.4, 0.5) is 0 Å². The second-order valence-electron chi connectivity index (χ2n) is 4.59. The Kier molecular flexibility index (Phi) is 6.40. The highest BCUT2D eigenvalue weighted by Gasteiger charge is 1.85. The fourth-order valence-electron chi connectivity index (χ4n) is 1.68. The summed E-state index contributed by atoms with van der Waals surface area (Å²) in [5.74, 6) is 11.1. The predicted molar refractivity (Wildman–Crippen MR) is 96.8 cm³/mol. The van der Waals surface area contributed by atoms with Crippen molar-refractivity contribution < 1.29 is 0 Å². The van der Waals surface area contributed by atoms with Crippen LogP contribution in [0.2, 0.25) is 0 Å². The zero-order valence-corrected chi connectivity index (χ0v) is 13.0. The van der Waals surface area contributed by atoms with E-state index in [1.165, 1.54) is 0 Å². The highest BCUT2D eigenvalue weighted by molar-refractivity contribution is 5.41. The average molecular weight is 306 g/mol. The van der Waals surface area contributed by atoms with Gasteiger partial charge in [0.2, 0.25) is 0 Å². The molecule has 1 aromatic carbocycles. The van der Waals surface area contributed by atoms with Crippen LogP contribution < -0.4 is 0 Å². The molecule has 3 aromatic rings. The lowest BCUT2D eigenvalue weighted by Gasteiger charge is -1.89. The van der Waals surface area contributed by atoms with E-state index in [-0.39, 0.29) is 0 Å². The number of benzene rings is 1. The minimum absolute atomic E-state index is 0.860. The molecule has 2 heteroatoms. The van der Waals surface area contributed by atoms with Gasteiger partial charge in [0.15, 0.2) is 0 Å². The third-order valence-electron chi connectivity index (χ3n) is 2.93. The van der Waals surface area contributed by atoms with Crippen LogP contribution in [0.1, 0.15) is 22.3 Å². The van der Waals surface area contributed by atoms with Gasteiger partial charge in [-0.15, -0.1) is 12.8 Å². The lowest BCUT2D eigenvalue weighted by Crippen LogP contribution is -1.76. The quantitative estimate of drug-likeness (QED) is 0.594. The van der Waals surface area contributed by atoms with E-state index in [9.17, 15) is 0 Å². The standard InChI is InChI=1S/C12H8N2.C10H6/c1(11-3-7-13-8-4-11)2-12-5-9-14-10-6-12;1-3-9-5-7-10(4-2)8-6-9/h3-10H;1-2,5-8H. The van der Waals surface area contributed by atoms with Gasteiger partial charge in [0, 0.05) is 47.0 Å². The molecule has 0 amide bonds. The third kappa shape index (κ3) is 5.53. The Labute approximate surface area is 142 Å². The van der Waals surface area contributed by atoms with Gasteiger partial charge in [-0.3, -0.25) is 9.97 Å². The minimum Gasteiger partial charge on any atom is -0.265 e. The van der Waals surface area contributed by atoms with Crippen molar-refractivity contribution in [1.29, 1.82) is 0 Å². The molecule has 3 rings (SSSR count). The summed E-state index contributed by atoms with van der Waals surface area (Å²) in [7, 11) is 0. The summed E-state index contributed by atoms with van der Waals surface area (Å²) in [6, 6.07) is 14.8. The molecule has 0 bridgehead atoms. The number of terminal acetylenes is 2. The van der Waals surface area contributed by atoms with E-state index in [0.29, 0.717) is 0 Å². The van der Waals surface area contributed by atoms with E-state index in [1.807, 2.05) is 48.5 Å². The maximum absolute atomic E-state index is 5.14. The largest absolute Gasteiger partial charge is 0.265 e. The maximum Gasteiger partial charge on any atom is 0.0280 e. The fourth-order valence-corrected chi connectivity index (χ4v) is 1.68. The molecule has 0 saturated carbocycles. The number of aromatic nitrogens is 2. The van der Waals surface area contributed by atoms with Gasteiger partial charge >= 0.3 is 0 Å². The van der Waals surface area contributed by atoms with Gasteiger partial charge in [0.05, 0.1) is 0 Å². The first-order valence-corrected chi connectivity index (χ1v) is 7.17. The molecule has 24 heavy (non-hydrogen) atoms. The Hall–Kier alpha value is -3.80. The molecule has 0 aliphatic carbocycles. The Morgan fingerprint density at radius 1 is 0.500 bits per heavy atom. The van der Waals surface area contributed by atoms with Crippen LogP contribution in [-0.4, -0.2) is 9.97 Å². The van der Waals surface area contributed by atoms with Crippen LogP contribution in [0.5, 0.6) is 0 Å². The first-order valence-electron chi connectivity index (χ1n) is 7.17. The summed E-state index contributed by atoms with van der Waals surface area (Å²) in [6.07, 6.45) is 17.2. The molecule has 0 unspecified atom stereocenters. The topological polar surface area (TPSA) is 25.8 Å². The fraction of sp³-hybridized carbons (Fsp3) is 0. The Bertz CT molecular complexity index is 825. The van der Waals surface area contributed by atoms with Crippen LogP contribution in [0, 0.1) is 36.5 Å². The van der Waals surface area contributed by atoms with Crippen molar-refractivity contribution in [3.05, 3.63) is 95.6 Å². The Morgan fingerprint density at radius 2 is 0.833 bits per heavy atom. The molecule has 0 radical (unpaired) electrons. The average Bonchev–Trinajstić information content (AvgIpc) is 2.68. The summed E-state index contributed by atoms with van der Waals surface area (Å²) >= 11 is 0. The lowest BCUT2D eigenvalue weighted by atomic mass is 10.1. The Morgan fingerprint density at radius 3 is 1.12 bits per heavy atom. The molecule has 0 fully saturated rings. The molecule has 2 heterocycles. The first kappa shape index (κ1) is 16.6. The molecule has 0 atom stereocenters. The number of pyridine rings is 2. The normalized spacial score (nSPS) is 8.42. The number of rotatable bonds is 0. The molecule has 2 nitrogen and oxygen atoms in total. The van der Waals surface area contributed by atoms with Crippen LogP contribution in [0.3, 0.4) is 0 Å². The van der Waals surface area contributed by atoms with E-state index in [0.717, 1.165) is 22.3 Å². The molecule has 0 aliphatic rings. The second-order valence-corrected chi connectivity index (χ2v) is 4.59. The van der Waals surface area contributed by atoms with Crippen molar-refractivity contribution in [3.63, 3.8) is 0 Å². The van der Waals surface area contributed by atoms with Crippen molar-refractivity contribution >= 4 is 0 Å². The molecule has 0 aliphatic heterocycles. The van der Waals surface area contributed by atoms with E-state index in [4.69, 9.17) is 12.8 Å². The first-order chi connectivity index (χ1) is 11.8. The molecule has 0 N–H and O–H groups in total. The van der Waals surface area contributed by atoms with Gasteiger partial charge in [-0.1, -0.05) is 23.7 Å². The van der Waals surface area contributed by atoms with E-state index >= 15 is 0 Å². The predicted octanol–water partition coefficient (Wildman–Crippen LogP) is 3.53. The maximum atomic E-state index is 5.14. The number of nitrogens with zero attached hydrogens (tertiary/aromatic N) is 2. The summed E-state index contributed by atoms with van der Waals surface area (Å²) in [5, 5.41) is 0. The number of hydrogen-bond donors (Lipinski definition) is 0. The van der Waals surface area contributed by atoms with Crippen LogP contribution in [0.25, 0.3) is 0 Å². The molecule has 0 saturated heterocycles. The van der Waals surface area contributed by atoms with Gasteiger partial charge in [-0.05, 0) is 48.5 Å². The monoisotopic (exact) mass is 306 g/mol. The van der Waals surface area contributed by atoms with Crippen LogP contribution in [-0.2, 0) is 0 Å². The lowest BCUT2D eigenvalue weighted by molar-refractivity contribution is 1.32. The van der Waals surface area contributed by atoms with Crippen molar-refractivity contribution in [3.8, 4) is 36.5 Å². The highest BCUT2D eigenvalue weighted by atomic mass is 14.6. The smallest absolute Gasteiger partial charge is 0.0280 e. The van der Waals surface area contributed by atoms with Gasteiger partial charge < -0.3 is 0 Å². The molecule has 2 aromatic heterocycles. The van der Waals surface area contributed by atoms with Gasteiger partial charge in [-0.2, -0.15) is 0 Å². The summed E-state index contributed by atoms with van der Waals surface area (Å²) in [6.45, 7) is 0. The van der Waals surface area contributed by atoms with E-state index in [2.05, 4.69) is 33.6 Å². The van der Waals surface area contributed by atoms with Crippen LogP contribution in [0.15, 0.2) is 73.3 Å². The van der Waals surface area contributed by atoms with E-state index in [1.54, 1.807) is 24.8 Å². The second kappa shape index (κ2) is 9.26. The van der Waals surface area contributed by atoms with Crippen LogP contribution >= 0.6 is 0 Å². The zero-order chi connectivity index (χ0) is 17.0. The summed E-state index contributed by atoms with van der Waals surface area (Å²) in [5.41, 5.74) is 3.66. The SMILES string of the molecule is C#Cc1ccc(C#C)cc1.C(#Cc1ccncc1)c1ccncc1. The Balaban J connectivity index is 0.000000185. The molecular weight excluding hydrogens is 292 g/mol. The summed E-state index contributed by atoms with van der Waals surface area (Å²) in [4.78, 5) is 7.85. The van der Waals surface area contributed by atoms with Crippen molar-refractivity contribution in [2.75, 3.05) is 0 Å². The van der Waals surface area contributed by atoms with Gasteiger partial charge in [0.1, 0.15) is 0 Å². The molecule has 0 spiro atoms. The van der Waals surface area contributed by atoms with Crippen molar-refractivity contribution in [1.82, 2.24) is 9.97 Å². The van der Waals surface area contributed by atoms with Gasteiger partial charge in [-0.25, -0.2) is 0 Å². The number of hydrogen-bond acceptors (Lipinski definition) is 2. The highest BCUT2D eigenvalue weighted by Crippen LogP contribution is 2.00.